The van der Waals surface area contributed by atoms with E-state index in [0.717, 1.165) is 12.5 Å². The molecule has 0 saturated heterocycles. The van der Waals surface area contributed by atoms with E-state index in [1.165, 1.54) is 6.08 Å². The van der Waals surface area contributed by atoms with Gasteiger partial charge in [0.25, 0.3) is 0 Å². The molecule has 0 aliphatic heterocycles. The van der Waals surface area contributed by atoms with Gasteiger partial charge in [0.1, 0.15) is 0 Å². The van der Waals surface area contributed by atoms with Gasteiger partial charge in [-0.1, -0.05) is 13.0 Å². The van der Waals surface area contributed by atoms with E-state index in [-0.39, 0.29) is 17.1 Å². The van der Waals surface area contributed by atoms with Crippen molar-refractivity contribution < 1.29 is 27.0 Å². The summed E-state index contributed by atoms with van der Waals surface area (Å²) in [5.74, 6) is -1.12. The van der Waals surface area contributed by atoms with Gasteiger partial charge in [-0.2, -0.15) is 13.8 Å². The standard InChI is InChI=1S/C5H8O2.C3H7.Fe/c1-2-3-4-5(6)7;1-3-2;/h3-4H,2H2,1H3,(H,6,7);3H,1-2H3;/q;-1;+2/p-1. The first kappa shape index (κ1) is 17.0. The van der Waals surface area contributed by atoms with Gasteiger partial charge >= 0.3 is 17.1 Å². The van der Waals surface area contributed by atoms with Gasteiger partial charge in [0.2, 0.25) is 0 Å². The Morgan fingerprint density at radius 3 is 2.00 bits per heavy atom. The van der Waals surface area contributed by atoms with E-state index in [1.807, 2.05) is 27.2 Å². The molecule has 0 aromatic rings. The molecule has 0 aromatic carbocycles. The van der Waals surface area contributed by atoms with Crippen LogP contribution in [0.1, 0.15) is 27.2 Å². The average Bonchev–Trinajstić information content (AvgIpc) is 1.85. The van der Waals surface area contributed by atoms with Crippen molar-refractivity contribution in [2.45, 2.75) is 27.2 Å². The average molecular weight is 198 g/mol. The predicted molar refractivity (Wildman–Crippen MR) is 40.1 cm³/mol. The largest absolute Gasteiger partial charge is 2.00 e. The van der Waals surface area contributed by atoms with Gasteiger partial charge in [-0.05, 0) is 12.5 Å². The Morgan fingerprint density at radius 2 is 1.91 bits per heavy atom. The van der Waals surface area contributed by atoms with E-state index in [0.29, 0.717) is 0 Å². The van der Waals surface area contributed by atoms with E-state index in [2.05, 4.69) is 0 Å². The van der Waals surface area contributed by atoms with Crippen LogP contribution < -0.4 is 5.11 Å². The zero-order chi connectivity index (χ0) is 8.41. The molecule has 11 heavy (non-hydrogen) atoms. The van der Waals surface area contributed by atoms with E-state index in [9.17, 15) is 9.90 Å². The fourth-order valence-electron chi connectivity index (χ4n) is 0.214. The molecule has 0 aromatic heterocycles. The topological polar surface area (TPSA) is 40.1 Å². The Kier molecular flexibility index (Phi) is 25.3. The Labute approximate surface area is 79.2 Å². The Hall–Kier alpha value is -0.271. The summed E-state index contributed by atoms with van der Waals surface area (Å²) in [7, 11) is 0. The first-order valence-electron chi connectivity index (χ1n) is 3.30. The summed E-state index contributed by atoms with van der Waals surface area (Å²) in [5.41, 5.74) is 0. The molecule has 0 spiro atoms. The zero-order valence-electron chi connectivity index (χ0n) is 7.11. The second-order valence-electron chi connectivity index (χ2n) is 1.71. The molecular weight excluding hydrogens is 184 g/mol. The van der Waals surface area contributed by atoms with E-state index in [4.69, 9.17) is 0 Å². The summed E-state index contributed by atoms with van der Waals surface area (Å²) < 4.78 is 0. The second-order valence-corrected chi connectivity index (χ2v) is 1.71. The number of carboxylic acid groups (broad SMARTS) is 1. The summed E-state index contributed by atoms with van der Waals surface area (Å²) >= 11 is 0. The number of hydrogen-bond acceptors (Lipinski definition) is 2. The number of allylic oxidation sites excluding steroid dienone is 1. The molecule has 0 unspecified atom stereocenters. The molecule has 0 rings (SSSR count). The second kappa shape index (κ2) is 16.4. The van der Waals surface area contributed by atoms with Crippen LogP contribution in [0.25, 0.3) is 0 Å². The molecule has 66 valence electrons. The first-order chi connectivity index (χ1) is 4.68. The van der Waals surface area contributed by atoms with Crippen molar-refractivity contribution in [3.8, 4) is 0 Å². The van der Waals surface area contributed by atoms with Crippen LogP contribution in [0.3, 0.4) is 0 Å². The van der Waals surface area contributed by atoms with Crippen molar-refractivity contribution in [1.82, 2.24) is 0 Å². The molecule has 0 amide bonds. The monoisotopic (exact) mass is 198 g/mol. The van der Waals surface area contributed by atoms with Crippen LogP contribution >= 0.6 is 0 Å². The van der Waals surface area contributed by atoms with Crippen molar-refractivity contribution in [3.05, 3.63) is 18.6 Å². The van der Waals surface area contributed by atoms with Gasteiger partial charge < -0.3 is 16.3 Å². The van der Waals surface area contributed by atoms with Crippen molar-refractivity contribution in [3.63, 3.8) is 0 Å². The van der Waals surface area contributed by atoms with Gasteiger partial charge in [-0.15, -0.1) is 0 Å². The molecule has 0 heterocycles. The molecule has 0 fully saturated rings. The van der Waals surface area contributed by atoms with Crippen molar-refractivity contribution in [2.75, 3.05) is 0 Å². The van der Waals surface area contributed by atoms with Crippen LogP contribution in [0, 0.1) is 6.42 Å². The number of carbonyl (C=O) groups is 1. The Balaban J connectivity index is -0.000000140. The van der Waals surface area contributed by atoms with Gasteiger partial charge in [-0.25, -0.2) is 0 Å². The Bertz CT molecular complexity index is 100. The van der Waals surface area contributed by atoms with Crippen LogP contribution in [0.15, 0.2) is 12.2 Å². The van der Waals surface area contributed by atoms with E-state index < -0.39 is 5.97 Å². The third kappa shape index (κ3) is 41.8. The minimum atomic E-state index is -1.12. The Morgan fingerprint density at radius 1 is 1.55 bits per heavy atom. The van der Waals surface area contributed by atoms with Crippen LogP contribution in [0.2, 0.25) is 0 Å². The third-order valence-electron chi connectivity index (χ3n) is 0.490. The third-order valence-corrected chi connectivity index (χ3v) is 0.490. The van der Waals surface area contributed by atoms with Crippen LogP contribution in [-0.4, -0.2) is 5.97 Å². The molecule has 0 N–H and O–H groups in total. The van der Waals surface area contributed by atoms with Gasteiger partial charge in [0.05, 0.1) is 5.97 Å². The van der Waals surface area contributed by atoms with Crippen molar-refractivity contribution in [1.29, 1.82) is 0 Å². The molecule has 0 radical (unpaired) electrons. The maximum atomic E-state index is 9.56. The number of rotatable bonds is 2. The smallest absolute Gasteiger partial charge is 0.545 e. The SMILES string of the molecule is CCC=CC(=O)[O-].C[CH-]C.[Fe+2]. The number of carboxylic acids is 1. The molecular formula is C8H14FeO2. The molecule has 0 saturated carbocycles. The van der Waals surface area contributed by atoms with Gasteiger partial charge in [0, 0.05) is 0 Å². The zero-order valence-corrected chi connectivity index (χ0v) is 8.21. The van der Waals surface area contributed by atoms with Crippen LogP contribution in [0.4, 0.5) is 0 Å². The minimum Gasteiger partial charge on any atom is -0.545 e. The predicted octanol–water partition coefficient (Wildman–Crippen LogP) is 0.930. The van der Waals surface area contributed by atoms with E-state index in [1.54, 1.807) is 0 Å². The maximum Gasteiger partial charge on any atom is 2.00 e. The van der Waals surface area contributed by atoms with Crippen molar-refractivity contribution in [2.24, 2.45) is 0 Å². The van der Waals surface area contributed by atoms with Gasteiger partial charge in [-0.3, -0.25) is 0 Å². The minimum absolute atomic E-state index is 0. The van der Waals surface area contributed by atoms with Crippen LogP contribution in [-0.2, 0) is 21.9 Å². The number of aliphatic carboxylic acids is 1. The molecule has 3 heteroatoms. The quantitative estimate of drug-likeness (QED) is 0.376. The first-order valence-corrected chi connectivity index (χ1v) is 3.30. The van der Waals surface area contributed by atoms with Crippen LogP contribution in [0.5, 0.6) is 0 Å². The van der Waals surface area contributed by atoms with E-state index >= 15 is 0 Å². The summed E-state index contributed by atoms with van der Waals surface area (Å²) in [6.07, 6.45) is 5.31. The molecule has 2 nitrogen and oxygen atoms in total. The molecule has 0 aliphatic rings. The summed E-state index contributed by atoms with van der Waals surface area (Å²) in [4.78, 5) is 9.56. The fraction of sp³-hybridized carbons (Fsp3) is 0.500. The summed E-state index contributed by atoms with van der Waals surface area (Å²) in [6, 6.07) is 0. The number of hydrogen-bond donors (Lipinski definition) is 0. The fourth-order valence-corrected chi connectivity index (χ4v) is 0.214. The molecule has 0 bridgehead atoms. The molecule has 0 aliphatic carbocycles. The maximum absolute atomic E-state index is 9.56. The molecule has 0 atom stereocenters. The number of carbonyl (C=O) groups excluding carboxylic acids is 1. The summed E-state index contributed by atoms with van der Waals surface area (Å²) in [6.45, 7) is 5.86. The van der Waals surface area contributed by atoms with Gasteiger partial charge in [0.15, 0.2) is 0 Å². The summed E-state index contributed by atoms with van der Waals surface area (Å²) in [5, 5.41) is 9.56. The van der Waals surface area contributed by atoms with Crippen molar-refractivity contribution >= 4 is 5.97 Å². The normalized spacial score (nSPS) is 7.91.